The van der Waals surface area contributed by atoms with E-state index < -0.39 is 10.8 Å². The van der Waals surface area contributed by atoms with Crippen molar-refractivity contribution >= 4 is 22.4 Å². The average Bonchev–Trinajstić information content (AvgIpc) is 2.34. The molecule has 0 spiro atoms. The minimum atomic E-state index is -1.05. The normalized spacial score (nSPS) is 12.3. The second-order valence-corrected chi connectivity index (χ2v) is 5.81. The summed E-state index contributed by atoms with van der Waals surface area (Å²) >= 11 is 5.90. The smallest absolute Gasteiger partial charge is 0.124 e. The van der Waals surface area contributed by atoms with E-state index in [-0.39, 0.29) is 5.82 Å². The lowest BCUT2D eigenvalue weighted by Gasteiger charge is -2.05. The average molecular weight is 283 g/mol. The molecular formula is C14H12ClFOS. The summed E-state index contributed by atoms with van der Waals surface area (Å²) in [5, 5.41) is 0.330. The van der Waals surface area contributed by atoms with Gasteiger partial charge >= 0.3 is 0 Å². The molecule has 94 valence electrons. The first-order chi connectivity index (χ1) is 8.65. The van der Waals surface area contributed by atoms with Crippen molar-refractivity contribution in [2.75, 3.05) is 0 Å². The third-order valence-electron chi connectivity index (χ3n) is 2.50. The fraction of sp³-hybridized carbons (Fsp3) is 0.143. The Morgan fingerprint density at radius 2 is 1.78 bits per heavy atom. The molecule has 0 aliphatic rings. The van der Waals surface area contributed by atoms with E-state index in [1.807, 2.05) is 30.3 Å². The molecule has 0 aliphatic carbocycles. The van der Waals surface area contributed by atoms with E-state index in [2.05, 4.69) is 0 Å². The molecular weight excluding hydrogens is 271 g/mol. The van der Waals surface area contributed by atoms with Crippen LogP contribution in [0.15, 0.2) is 48.5 Å². The summed E-state index contributed by atoms with van der Waals surface area (Å²) in [4.78, 5) is 0. The molecule has 0 fully saturated rings. The van der Waals surface area contributed by atoms with Gasteiger partial charge in [0.1, 0.15) is 5.82 Å². The molecule has 1 nitrogen and oxygen atoms in total. The Kier molecular flexibility index (Phi) is 4.50. The maximum atomic E-state index is 12.9. The van der Waals surface area contributed by atoms with Crippen LogP contribution in [0.4, 0.5) is 4.39 Å². The van der Waals surface area contributed by atoms with Crippen LogP contribution in [0.25, 0.3) is 0 Å². The van der Waals surface area contributed by atoms with E-state index in [0.717, 1.165) is 5.56 Å². The van der Waals surface area contributed by atoms with Gasteiger partial charge in [0.05, 0.1) is 5.75 Å². The van der Waals surface area contributed by atoms with Crippen LogP contribution >= 0.6 is 11.6 Å². The predicted octanol–water partition coefficient (Wildman–Crippen LogP) is 3.93. The van der Waals surface area contributed by atoms with Gasteiger partial charge in [0, 0.05) is 21.6 Å². The van der Waals surface area contributed by atoms with Crippen LogP contribution in [0, 0.1) is 5.82 Å². The van der Waals surface area contributed by atoms with Crippen molar-refractivity contribution in [2.45, 2.75) is 11.5 Å². The highest BCUT2D eigenvalue weighted by Crippen LogP contribution is 2.19. The molecule has 1 atom stereocenters. The minimum Gasteiger partial charge on any atom is -0.259 e. The van der Waals surface area contributed by atoms with Crippen LogP contribution < -0.4 is 0 Å². The molecule has 0 aromatic heterocycles. The van der Waals surface area contributed by atoms with Crippen molar-refractivity contribution in [1.29, 1.82) is 0 Å². The van der Waals surface area contributed by atoms with Crippen LogP contribution in [-0.4, -0.2) is 4.21 Å². The van der Waals surface area contributed by atoms with Gasteiger partial charge in [-0.25, -0.2) is 4.39 Å². The van der Waals surface area contributed by atoms with E-state index in [1.165, 1.54) is 12.1 Å². The molecule has 2 rings (SSSR count). The summed E-state index contributed by atoms with van der Waals surface area (Å²) < 4.78 is 24.8. The first-order valence-corrected chi connectivity index (χ1v) is 7.34. The SMILES string of the molecule is O=[S@@](Cc1ccccc1)Cc1ccc(F)cc1Cl. The molecule has 0 radical (unpaired) electrons. The molecule has 0 saturated heterocycles. The van der Waals surface area contributed by atoms with Crippen LogP contribution in [-0.2, 0) is 22.3 Å². The van der Waals surface area contributed by atoms with Crippen LogP contribution in [0.5, 0.6) is 0 Å². The number of halogens is 2. The zero-order chi connectivity index (χ0) is 13.0. The molecule has 18 heavy (non-hydrogen) atoms. The third-order valence-corrected chi connectivity index (χ3v) is 4.14. The van der Waals surface area contributed by atoms with Crippen molar-refractivity contribution in [3.63, 3.8) is 0 Å². The number of hydrogen-bond acceptors (Lipinski definition) is 1. The number of hydrogen-bond donors (Lipinski definition) is 0. The molecule has 0 amide bonds. The van der Waals surface area contributed by atoms with E-state index >= 15 is 0 Å². The summed E-state index contributed by atoms with van der Waals surface area (Å²) in [5.74, 6) is 0.445. The highest BCUT2D eigenvalue weighted by molar-refractivity contribution is 7.83. The lowest BCUT2D eigenvalue weighted by molar-refractivity contribution is 0.627. The van der Waals surface area contributed by atoms with Crippen molar-refractivity contribution in [3.05, 3.63) is 70.5 Å². The van der Waals surface area contributed by atoms with Gasteiger partial charge in [-0.3, -0.25) is 4.21 Å². The summed E-state index contributed by atoms with van der Waals surface area (Å²) in [6.45, 7) is 0. The lowest BCUT2D eigenvalue weighted by atomic mass is 10.2. The second-order valence-electron chi connectivity index (χ2n) is 3.95. The molecule has 0 aliphatic heterocycles. The van der Waals surface area contributed by atoms with E-state index in [0.29, 0.717) is 22.1 Å². The van der Waals surface area contributed by atoms with E-state index in [4.69, 9.17) is 11.6 Å². The largest absolute Gasteiger partial charge is 0.259 e. The first-order valence-electron chi connectivity index (χ1n) is 5.48. The fourth-order valence-electron chi connectivity index (χ4n) is 1.62. The third kappa shape index (κ3) is 3.65. The van der Waals surface area contributed by atoms with Crippen LogP contribution in [0.1, 0.15) is 11.1 Å². The Bertz CT molecular complexity index is 557. The first kappa shape index (κ1) is 13.2. The topological polar surface area (TPSA) is 17.1 Å². The molecule has 2 aromatic rings. The Labute approximate surface area is 113 Å². The lowest BCUT2D eigenvalue weighted by Crippen LogP contribution is -2.00. The van der Waals surface area contributed by atoms with E-state index in [1.54, 1.807) is 6.07 Å². The van der Waals surface area contributed by atoms with Crippen molar-refractivity contribution in [2.24, 2.45) is 0 Å². The van der Waals surface area contributed by atoms with Crippen LogP contribution in [0.3, 0.4) is 0 Å². The van der Waals surface area contributed by atoms with E-state index in [9.17, 15) is 8.60 Å². The second kappa shape index (κ2) is 6.12. The van der Waals surface area contributed by atoms with Crippen molar-refractivity contribution in [3.8, 4) is 0 Å². The maximum absolute atomic E-state index is 12.9. The zero-order valence-electron chi connectivity index (χ0n) is 9.61. The van der Waals surface area contributed by atoms with Gasteiger partial charge in [0.2, 0.25) is 0 Å². The van der Waals surface area contributed by atoms with Crippen LogP contribution in [0.2, 0.25) is 5.02 Å². The quantitative estimate of drug-likeness (QED) is 0.830. The molecule has 0 bridgehead atoms. The standard InChI is InChI=1S/C14H12ClFOS/c15-14-8-13(16)7-6-12(14)10-18(17)9-11-4-2-1-3-5-11/h1-8H,9-10H2/t18-/m0/s1. The number of benzene rings is 2. The summed E-state index contributed by atoms with van der Waals surface area (Å²) in [7, 11) is -1.05. The van der Waals surface area contributed by atoms with Gasteiger partial charge in [-0.05, 0) is 23.3 Å². The fourth-order valence-corrected chi connectivity index (χ4v) is 3.20. The van der Waals surface area contributed by atoms with Crippen molar-refractivity contribution in [1.82, 2.24) is 0 Å². The molecule has 0 saturated carbocycles. The Morgan fingerprint density at radius 1 is 1.06 bits per heavy atom. The minimum absolute atomic E-state index is 0.330. The van der Waals surface area contributed by atoms with Gasteiger partial charge in [0.25, 0.3) is 0 Å². The summed E-state index contributed by atoms with van der Waals surface area (Å²) in [6.07, 6.45) is 0. The molecule has 4 heteroatoms. The van der Waals surface area contributed by atoms with Gasteiger partial charge < -0.3 is 0 Å². The van der Waals surface area contributed by atoms with Crippen molar-refractivity contribution < 1.29 is 8.60 Å². The summed E-state index contributed by atoms with van der Waals surface area (Å²) in [6, 6.07) is 13.8. The van der Waals surface area contributed by atoms with Gasteiger partial charge in [-0.15, -0.1) is 0 Å². The molecule has 2 aromatic carbocycles. The Balaban J connectivity index is 2.03. The molecule has 0 heterocycles. The molecule has 0 unspecified atom stereocenters. The Morgan fingerprint density at radius 3 is 2.44 bits per heavy atom. The molecule has 0 N–H and O–H groups in total. The predicted molar refractivity (Wildman–Crippen MR) is 73.4 cm³/mol. The Hall–Kier alpha value is -1.19. The van der Waals surface area contributed by atoms with Gasteiger partial charge in [-0.2, -0.15) is 0 Å². The highest BCUT2D eigenvalue weighted by Gasteiger charge is 2.07. The zero-order valence-corrected chi connectivity index (χ0v) is 11.2. The summed E-state index contributed by atoms with van der Waals surface area (Å²) in [5.41, 5.74) is 1.74. The number of rotatable bonds is 4. The monoisotopic (exact) mass is 282 g/mol. The van der Waals surface area contributed by atoms with Gasteiger partial charge in [0.15, 0.2) is 0 Å². The maximum Gasteiger partial charge on any atom is 0.124 e. The highest BCUT2D eigenvalue weighted by atomic mass is 35.5. The van der Waals surface area contributed by atoms with Gasteiger partial charge in [-0.1, -0.05) is 48.0 Å².